The Balaban J connectivity index is 2.06. The lowest BCUT2D eigenvalue weighted by Crippen LogP contribution is -2.45. The zero-order valence-corrected chi connectivity index (χ0v) is 17.1. The summed E-state index contributed by atoms with van der Waals surface area (Å²) < 4.78 is 10.5. The Kier molecular flexibility index (Phi) is 5.86. The van der Waals surface area contributed by atoms with Gasteiger partial charge in [0.05, 0.1) is 18.8 Å². The maximum Gasteiger partial charge on any atom is 0.332 e. The Morgan fingerprint density at radius 3 is 2.37 bits per heavy atom. The first-order valence-corrected chi connectivity index (χ1v) is 9.86. The standard InChI is InChI=1S/C19H31N5O3/c1-6-7-8-9-24-15(12-23-10-13(2)27-14(3)11-23)20-17-16(24)18(25)22(5)19(26)21(17)4/h13-14H,6-12H2,1-5H3/t13-,14-/m1/s1. The summed E-state index contributed by atoms with van der Waals surface area (Å²) in [6.07, 6.45) is 3.53. The van der Waals surface area contributed by atoms with Crippen molar-refractivity contribution in [3.8, 4) is 0 Å². The molecular formula is C19H31N5O3. The lowest BCUT2D eigenvalue weighted by molar-refractivity contribution is -0.0712. The average molecular weight is 377 g/mol. The number of hydrogen-bond donors (Lipinski definition) is 0. The van der Waals surface area contributed by atoms with E-state index in [1.54, 1.807) is 7.05 Å². The zero-order valence-electron chi connectivity index (χ0n) is 17.1. The van der Waals surface area contributed by atoms with Crippen LogP contribution in [-0.4, -0.2) is 48.9 Å². The molecule has 150 valence electrons. The van der Waals surface area contributed by atoms with E-state index in [1.165, 1.54) is 16.2 Å². The Bertz CT molecular complexity index is 916. The molecule has 0 aromatic carbocycles. The number of nitrogens with zero attached hydrogens (tertiary/aromatic N) is 5. The summed E-state index contributed by atoms with van der Waals surface area (Å²) in [7, 11) is 3.20. The Hall–Kier alpha value is -1.93. The molecule has 8 heteroatoms. The van der Waals surface area contributed by atoms with Crippen LogP contribution in [0.15, 0.2) is 9.59 Å². The first-order valence-electron chi connectivity index (χ1n) is 9.86. The fourth-order valence-electron chi connectivity index (χ4n) is 3.99. The van der Waals surface area contributed by atoms with Crippen LogP contribution < -0.4 is 11.2 Å². The molecule has 2 aromatic rings. The van der Waals surface area contributed by atoms with Crippen molar-refractivity contribution in [2.24, 2.45) is 14.1 Å². The topological polar surface area (TPSA) is 74.3 Å². The normalized spacial score (nSPS) is 21.2. The number of fused-ring (bicyclic) bond motifs is 1. The molecule has 0 amide bonds. The molecule has 8 nitrogen and oxygen atoms in total. The van der Waals surface area contributed by atoms with Crippen LogP contribution in [-0.2, 0) is 31.9 Å². The van der Waals surface area contributed by atoms with E-state index in [1.807, 2.05) is 4.57 Å². The molecule has 1 aliphatic rings. The van der Waals surface area contributed by atoms with Crippen LogP contribution in [0.3, 0.4) is 0 Å². The zero-order chi connectivity index (χ0) is 19.7. The van der Waals surface area contributed by atoms with E-state index in [0.29, 0.717) is 17.7 Å². The van der Waals surface area contributed by atoms with Crippen LogP contribution in [0.25, 0.3) is 11.2 Å². The van der Waals surface area contributed by atoms with Gasteiger partial charge in [-0.15, -0.1) is 0 Å². The first kappa shape index (κ1) is 19.8. The van der Waals surface area contributed by atoms with Crippen molar-refractivity contribution < 1.29 is 4.74 Å². The third kappa shape index (κ3) is 3.87. The van der Waals surface area contributed by atoms with Crippen molar-refractivity contribution in [1.82, 2.24) is 23.6 Å². The molecule has 2 aromatic heterocycles. The molecule has 0 unspecified atom stereocenters. The predicted octanol–water partition coefficient (Wildman–Crippen LogP) is 1.23. The van der Waals surface area contributed by atoms with Gasteiger partial charge in [0.1, 0.15) is 5.82 Å². The van der Waals surface area contributed by atoms with Gasteiger partial charge in [-0.05, 0) is 20.3 Å². The number of morpholine rings is 1. The van der Waals surface area contributed by atoms with Gasteiger partial charge in [-0.25, -0.2) is 9.78 Å². The van der Waals surface area contributed by atoms with Crippen molar-refractivity contribution >= 4 is 11.2 Å². The molecule has 1 saturated heterocycles. The molecule has 0 bridgehead atoms. The minimum absolute atomic E-state index is 0.170. The largest absolute Gasteiger partial charge is 0.373 e. The number of hydrogen-bond acceptors (Lipinski definition) is 5. The number of ether oxygens (including phenoxy) is 1. The number of unbranched alkanes of at least 4 members (excludes halogenated alkanes) is 2. The molecule has 0 spiro atoms. The summed E-state index contributed by atoms with van der Waals surface area (Å²) in [6, 6.07) is 0. The monoisotopic (exact) mass is 377 g/mol. The predicted molar refractivity (Wildman–Crippen MR) is 105 cm³/mol. The van der Waals surface area contributed by atoms with Gasteiger partial charge in [0.15, 0.2) is 11.2 Å². The smallest absolute Gasteiger partial charge is 0.332 e. The molecule has 0 N–H and O–H groups in total. The highest BCUT2D eigenvalue weighted by atomic mass is 16.5. The maximum absolute atomic E-state index is 12.8. The maximum atomic E-state index is 12.8. The number of aromatic nitrogens is 4. The summed E-state index contributed by atoms with van der Waals surface area (Å²) in [4.78, 5) is 32.2. The molecule has 0 saturated carbocycles. The highest BCUT2D eigenvalue weighted by Gasteiger charge is 2.25. The van der Waals surface area contributed by atoms with Gasteiger partial charge in [0.25, 0.3) is 5.56 Å². The molecule has 0 radical (unpaired) electrons. The second-order valence-corrected chi connectivity index (χ2v) is 7.72. The van der Waals surface area contributed by atoms with Gasteiger partial charge < -0.3 is 9.30 Å². The van der Waals surface area contributed by atoms with Gasteiger partial charge in [0.2, 0.25) is 0 Å². The SMILES string of the molecule is CCCCCn1c(CN2C[C@@H](C)O[C@H](C)C2)nc2c1c(=O)n(C)c(=O)n2C. The lowest BCUT2D eigenvalue weighted by atomic mass is 10.2. The second-order valence-electron chi connectivity index (χ2n) is 7.72. The quantitative estimate of drug-likeness (QED) is 0.708. The minimum Gasteiger partial charge on any atom is -0.373 e. The van der Waals surface area contributed by atoms with Crippen LogP contribution in [0, 0.1) is 0 Å². The van der Waals surface area contributed by atoms with E-state index in [2.05, 4.69) is 25.7 Å². The lowest BCUT2D eigenvalue weighted by Gasteiger charge is -2.35. The van der Waals surface area contributed by atoms with Crippen LogP contribution in [0.5, 0.6) is 0 Å². The van der Waals surface area contributed by atoms with Crippen LogP contribution in [0.1, 0.15) is 45.9 Å². The molecule has 0 aliphatic carbocycles. The van der Waals surface area contributed by atoms with Crippen molar-refractivity contribution in [2.75, 3.05) is 13.1 Å². The Labute approximate surface area is 159 Å². The van der Waals surface area contributed by atoms with Crippen molar-refractivity contribution in [2.45, 2.75) is 65.3 Å². The van der Waals surface area contributed by atoms with Gasteiger partial charge in [-0.1, -0.05) is 19.8 Å². The number of aryl methyl sites for hydroxylation is 2. The van der Waals surface area contributed by atoms with E-state index >= 15 is 0 Å². The minimum atomic E-state index is -0.342. The highest BCUT2D eigenvalue weighted by molar-refractivity contribution is 5.71. The fourth-order valence-corrected chi connectivity index (χ4v) is 3.99. The molecule has 27 heavy (non-hydrogen) atoms. The summed E-state index contributed by atoms with van der Waals surface area (Å²) in [5.41, 5.74) is 0.391. The van der Waals surface area contributed by atoms with E-state index in [0.717, 1.165) is 44.7 Å². The molecule has 3 heterocycles. The Morgan fingerprint density at radius 2 is 1.74 bits per heavy atom. The molecule has 1 aliphatic heterocycles. The van der Waals surface area contributed by atoms with E-state index in [4.69, 9.17) is 9.72 Å². The van der Waals surface area contributed by atoms with E-state index < -0.39 is 0 Å². The molecule has 2 atom stereocenters. The van der Waals surface area contributed by atoms with Crippen molar-refractivity contribution in [1.29, 1.82) is 0 Å². The van der Waals surface area contributed by atoms with E-state index in [9.17, 15) is 9.59 Å². The summed E-state index contributed by atoms with van der Waals surface area (Å²) in [5.74, 6) is 0.848. The van der Waals surface area contributed by atoms with Gasteiger partial charge in [0, 0.05) is 33.7 Å². The fraction of sp³-hybridized carbons (Fsp3) is 0.737. The first-order chi connectivity index (χ1) is 12.8. The van der Waals surface area contributed by atoms with Crippen LogP contribution in [0.4, 0.5) is 0 Å². The van der Waals surface area contributed by atoms with Gasteiger partial charge >= 0.3 is 5.69 Å². The van der Waals surface area contributed by atoms with Crippen LogP contribution in [0.2, 0.25) is 0 Å². The number of rotatable bonds is 6. The third-order valence-corrected chi connectivity index (χ3v) is 5.27. The van der Waals surface area contributed by atoms with E-state index in [-0.39, 0.29) is 23.5 Å². The van der Waals surface area contributed by atoms with Gasteiger partial charge in [-0.2, -0.15) is 0 Å². The average Bonchev–Trinajstić information content (AvgIpc) is 2.96. The molecular weight excluding hydrogens is 346 g/mol. The van der Waals surface area contributed by atoms with Crippen molar-refractivity contribution in [3.63, 3.8) is 0 Å². The number of imidazole rings is 1. The van der Waals surface area contributed by atoms with Crippen molar-refractivity contribution in [3.05, 3.63) is 26.7 Å². The summed E-state index contributed by atoms with van der Waals surface area (Å²) in [6.45, 7) is 9.36. The van der Waals surface area contributed by atoms with Gasteiger partial charge in [-0.3, -0.25) is 18.8 Å². The Morgan fingerprint density at radius 1 is 1.07 bits per heavy atom. The highest BCUT2D eigenvalue weighted by Crippen LogP contribution is 2.18. The van der Waals surface area contributed by atoms with Crippen LogP contribution >= 0.6 is 0 Å². The summed E-state index contributed by atoms with van der Waals surface area (Å²) in [5, 5.41) is 0. The second kappa shape index (κ2) is 7.98. The summed E-state index contributed by atoms with van der Waals surface area (Å²) >= 11 is 0. The molecule has 1 fully saturated rings. The molecule has 3 rings (SSSR count). The third-order valence-electron chi connectivity index (χ3n) is 5.27.